The van der Waals surface area contributed by atoms with Crippen LogP contribution < -0.4 is 20.9 Å². The van der Waals surface area contributed by atoms with E-state index in [0.717, 1.165) is 42.4 Å². The fraction of sp³-hybridized carbons (Fsp3) is 0.375. The Bertz CT molecular complexity index is 1130. The van der Waals surface area contributed by atoms with Gasteiger partial charge in [0, 0.05) is 32.1 Å². The van der Waals surface area contributed by atoms with Crippen LogP contribution in [0.2, 0.25) is 10.0 Å². The molecule has 0 spiro atoms. The van der Waals surface area contributed by atoms with E-state index in [1.54, 1.807) is 18.2 Å². The third-order valence-electron chi connectivity index (χ3n) is 5.94. The van der Waals surface area contributed by atoms with E-state index >= 15 is 0 Å². The van der Waals surface area contributed by atoms with E-state index in [2.05, 4.69) is 16.0 Å². The van der Waals surface area contributed by atoms with Crippen molar-refractivity contribution in [1.82, 2.24) is 15.3 Å². The second-order valence-electron chi connectivity index (χ2n) is 8.58. The molecular formula is C24H29Cl3N6O. The second-order valence-corrected chi connectivity index (χ2v) is 9.37. The summed E-state index contributed by atoms with van der Waals surface area (Å²) in [4.78, 5) is 23.7. The maximum Gasteiger partial charge on any atom is 0.319 e. The Morgan fingerprint density at radius 3 is 2.50 bits per heavy atom. The number of hydrogen-bond acceptors (Lipinski definition) is 5. The number of hydrogen-bond donors (Lipinski definition) is 3. The zero-order valence-corrected chi connectivity index (χ0v) is 21.5. The molecule has 0 bridgehead atoms. The van der Waals surface area contributed by atoms with Gasteiger partial charge in [-0.3, -0.25) is 0 Å². The molecule has 2 aromatic carbocycles. The minimum Gasteiger partial charge on any atom is -0.362 e. The Kier molecular flexibility index (Phi) is 9.05. The Morgan fingerprint density at radius 2 is 1.76 bits per heavy atom. The molecule has 2 amide bonds. The monoisotopic (exact) mass is 522 g/mol. The molecule has 0 unspecified atom stereocenters. The highest BCUT2D eigenvalue weighted by molar-refractivity contribution is 6.43. The smallest absolute Gasteiger partial charge is 0.319 e. The van der Waals surface area contributed by atoms with Crippen molar-refractivity contribution in [1.29, 1.82) is 0 Å². The van der Waals surface area contributed by atoms with Crippen molar-refractivity contribution in [3.8, 4) is 0 Å². The van der Waals surface area contributed by atoms with Gasteiger partial charge in [0.05, 0.1) is 21.2 Å². The molecule has 0 aliphatic heterocycles. The molecule has 0 radical (unpaired) electrons. The molecule has 1 saturated carbocycles. The topological polar surface area (TPSA) is 82.2 Å². The normalized spacial score (nSPS) is 17.5. The van der Waals surface area contributed by atoms with Gasteiger partial charge in [-0.1, -0.05) is 41.4 Å². The number of halogens is 3. The van der Waals surface area contributed by atoms with Gasteiger partial charge in [0.2, 0.25) is 5.95 Å². The number of carbonyl (C=O) groups excluding carboxylic acids is 1. The highest BCUT2D eigenvalue weighted by Crippen LogP contribution is 2.30. The summed E-state index contributed by atoms with van der Waals surface area (Å²) in [5.41, 5.74) is 1.43. The average Bonchev–Trinajstić information content (AvgIpc) is 2.81. The molecular weight excluding hydrogens is 495 g/mol. The van der Waals surface area contributed by atoms with Crippen LogP contribution in [0, 0.1) is 5.92 Å². The number of nitrogens with one attached hydrogen (secondary N) is 3. The predicted octanol–water partition coefficient (Wildman–Crippen LogP) is 6.22. The quantitative estimate of drug-likeness (QED) is 0.357. The highest BCUT2D eigenvalue weighted by Gasteiger charge is 2.23. The largest absolute Gasteiger partial charge is 0.362 e. The van der Waals surface area contributed by atoms with Crippen LogP contribution in [-0.4, -0.2) is 42.7 Å². The van der Waals surface area contributed by atoms with Crippen LogP contribution in [0.3, 0.4) is 0 Å². The first kappa shape index (κ1) is 26.1. The summed E-state index contributed by atoms with van der Waals surface area (Å²) < 4.78 is 0. The number of carbonyl (C=O) groups is 1. The van der Waals surface area contributed by atoms with Crippen molar-refractivity contribution >= 4 is 70.0 Å². The number of anilines is 3. The first-order valence-electron chi connectivity index (χ1n) is 11.1. The van der Waals surface area contributed by atoms with Gasteiger partial charge in [0.1, 0.15) is 5.82 Å². The molecule has 1 heterocycles. The average molecular weight is 524 g/mol. The first-order valence-corrected chi connectivity index (χ1v) is 11.9. The lowest BCUT2D eigenvalue weighted by molar-refractivity contribution is 0.246. The SMILES string of the molecule is CN(C)c1nc(N[C@H]2CC[C@@H](CNC(=O)Nc3cccc(Cl)c3Cl)CC2)nc2ccccc12.Cl. The Morgan fingerprint density at radius 1 is 1.03 bits per heavy atom. The Labute approximate surface area is 216 Å². The number of nitrogens with zero attached hydrogens (tertiary/aromatic N) is 3. The molecule has 1 fully saturated rings. The van der Waals surface area contributed by atoms with Gasteiger partial charge in [-0.25, -0.2) is 9.78 Å². The van der Waals surface area contributed by atoms with Crippen molar-refractivity contribution in [3.05, 3.63) is 52.5 Å². The van der Waals surface area contributed by atoms with E-state index in [0.29, 0.717) is 40.2 Å². The zero-order valence-electron chi connectivity index (χ0n) is 19.1. The van der Waals surface area contributed by atoms with Gasteiger partial charge in [-0.15, -0.1) is 12.4 Å². The number of fused-ring (bicyclic) bond motifs is 1. The summed E-state index contributed by atoms with van der Waals surface area (Å²) in [5.74, 6) is 2.00. The Hall–Kier alpha value is -2.48. The van der Waals surface area contributed by atoms with E-state index in [9.17, 15) is 4.79 Å². The lowest BCUT2D eigenvalue weighted by Gasteiger charge is -2.29. The van der Waals surface area contributed by atoms with Crippen LogP contribution in [0.1, 0.15) is 25.7 Å². The fourth-order valence-electron chi connectivity index (χ4n) is 4.16. The third-order valence-corrected chi connectivity index (χ3v) is 6.76. The molecule has 3 N–H and O–H groups in total. The molecule has 182 valence electrons. The summed E-state index contributed by atoms with van der Waals surface area (Å²) in [7, 11) is 3.99. The number of aromatic nitrogens is 2. The molecule has 34 heavy (non-hydrogen) atoms. The van der Waals surface area contributed by atoms with E-state index in [-0.39, 0.29) is 18.4 Å². The number of amides is 2. The van der Waals surface area contributed by atoms with Crippen LogP contribution in [0.5, 0.6) is 0 Å². The van der Waals surface area contributed by atoms with Crippen LogP contribution >= 0.6 is 35.6 Å². The number of para-hydroxylation sites is 1. The van der Waals surface area contributed by atoms with Crippen LogP contribution in [-0.2, 0) is 0 Å². The molecule has 10 heteroatoms. The van der Waals surface area contributed by atoms with E-state index in [1.165, 1.54) is 0 Å². The molecule has 3 aromatic rings. The molecule has 1 aromatic heterocycles. The van der Waals surface area contributed by atoms with E-state index in [1.807, 2.05) is 43.3 Å². The van der Waals surface area contributed by atoms with Crippen molar-refractivity contribution in [2.45, 2.75) is 31.7 Å². The molecule has 0 atom stereocenters. The number of rotatable bonds is 6. The van der Waals surface area contributed by atoms with Gasteiger partial charge < -0.3 is 20.9 Å². The summed E-state index contributed by atoms with van der Waals surface area (Å²) in [5, 5.41) is 11.0. The van der Waals surface area contributed by atoms with Crippen molar-refractivity contribution in [2.24, 2.45) is 5.92 Å². The van der Waals surface area contributed by atoms with Crippen LogP contribution in [0.25, 0.3) is 10.9 Å². The highest BCUT2D eigenvalue weighted by atomic mass is 35.5. The lowest BCUT2D eigenvalue weighted by Crippen LogP contribution is -2.36. The Balaban J connectivity index is 0.00000324. The molecule has 7 nitrogen and oxygen atoms in total. The second kappa shape index (κ2) is 11.8. The van der Waals surface area contributed by atoms with Gasteiger partial charge in [0.25, 0.3) is 0 Å². The predicted molar refractivity (Wildman–Crippen MR) is 144 cm³/mol. The fourth-order valence-corrected chi connectivity index (χ4v) is 4.51. The van der Waals surface area contributed by atoms with Gasteiger partial charge in [-0.05, 0) is 55.9 Å². The van der Waals surface area contributed by atoms with E-state index < -0.39 is 0 Å². The van der Waals surface area contributed by atoms with Crippen molar-refractivity contribution in [2.75, 3.05) is 36.2 Å². The minimum absolute atomic E-state index is 0. The van der Waals surface area contributed by atoms with Crippen LogP contribution in [0.15, 0.2) is 42.5 Å². The van der Waals surface area contributed by atoms with Gasteiger partial charge in [0.15, 0.2) is 0 Å². The van der Waals surface area contributed by atoms with Gasteiger partial charge >= 0.3 is 6.03 Å². The lowest BCUT2D eigenvalue weighted by atomic mass is 9.86. The third kappa shape index (κ3) is 6.34. The van der Waals surface area contributed by atoms with Gasteiger partial charge in [-0.2, -0.15) is 4.98 Å². The molecule has 0 saturated heterocycles. The minimum atomic E-state index is -0.278. The summed E-state index contributed by atoms with van der Waals surface area (Å²) in [6, 6.07) is 13.3. The number of benzene rings is 2. The first-order chi connectivity index (χ1) is 15.9. The molecule has 1 aliphatic rings. The maximum atomic E-state index is 12.3. The summed E-state index contributed by atoms with van der Waals surface area (Å²) in [6.45, 7) is 0.619. The van der Waals surface area contributed by atoms with Crippen molar-refractivity contribution in [3.63, 3.8) is 0 Å². The van der Waals surface area contributed by atoms with Crippen molar-refractivity contribution < 1.29 is 4.79 Å². The molecule has 4 rings (SSSR count). The zero-order chi connectivity index (χ0) is 23.4. The summed E-state index contributed by atoms with van der Waals surface area (Å²) in [6.07, 6.45) is 4.04. The maximum absolute atomic E-state index is 12.3. The molecule has 1 aliphatic carbocycles. The number of urea groups is 1. The van der Waals surface area contributed by atoms with Crippen LogP contribution in [0.4, 0.5) is 22.2 Å². The summed E-state index contributed by atoms with van der Waals surface area (Å²) >= 11 is 12.1. The standard InChI is InChI=1S/C24H28Cl2N6O.ClH/c1-32(2)22-17-6-3-4-8-19(17)29-23(31-22)28-16-12-10-15(11-13-16)14-27-24(33)30-20-9-5-7-18(25)21(20)26;/h3-9,15-16H,10-14H2,1-2H3,(H2,27,30,33)(H,28,29,31);1H/t15-,16+;. The van der Waals surface area contributed by atoms with E-state index in [4.69, 9.17) is 33.2 Å².